The van der Waals surface area contributed by atoms with Crippen molar-refractivity contribution in [2.45, 2.75) is 46.8 Å². The number of carbonyl (C=O) groups excluding carboxylic acids is 2. The third-order valence-electron chi connectivity index (χ3n) is 4.45. The lowest BCUT2D eigenvalue weighted by Crippen LogP contribution is -2.35. The number of benzene rings is 1. The molecular formula is C21H29NO5. The molecule has 1 aromatic rings. The highest BCUT2D eigenvalue weighted by atomic mass is 16.5. The van der Waals surface area contributed by atoms with E-state index in [0.29, 0.717) is 17.9 Å². The summed E-state index contributed by atoms with van der Waals surface area (Å²) in [6.45, 7) is 9.68. The lowest BCUT2D eigenvalue weighted by Gasteiger charge is -2.29. The smallest absolute Gasteiger partial charge is 0.290 e. The van der Waals surface area contributed by atoms with Gasteiger partial charge in [0.1, 0.15) is 5.75 Å². The Labute approximate surface area is 160 Å². The highest BCUT2D eigenvalue weighted by molar-refractivity contribution is 6.10. The number of hydrogen-bond acceptors (Lipinski definition) is 5. The average Bonchev–Trinajstić information content (AvgIpc) is 2.84. The number of nitrogens with zero attached hydrogens (tertiary/aromatic N) is 1. The summed E-state index contributed by atoms with van der Waals surface area (Å²) in [7, 11) is 1.54. The van der Waals surface area contributed by atoms with Gasteiger partial charge in [0.25, 0.3) is 5.91 Å². The van der Waals surface area contributed by atoms with Crippen LogP contribution in [0.15, 0.2) is 35.6 Å². The molecule has 1 aliphatic rings. The van der Waals surface area contributed by atoms with E-state index in [-0.39, 0.29) is 24.0 Å². The van der Waals surface area contributed by atoms with Crippen LogP contribution in [-0.4, -0.2) is 48.1 Å². The second-order valence-electron chi connectivity index (χ2n) is 7.90. The molecule has 0 radical (unpaired) electrons. The summed E-state index contributed by atoms with van der Waals surface area (Å²) in [4.78, 5) is 27.3. The minimum atomic E-state index is -0.742. The lowest BCUT2D eigenvalue weighted by molar-refractivity contribution is -0.130. The van der Waals surface area contributed by atoms with Crippen molar-refractivity contribution in [3.8, 4) is 5.75 Å². The quantitative estimate of drug-likeness (QED) is 0.790. The largest absolute Gasteiger partial charge is 0.503 e. The molecule has 6 nitrogen and oxygen atoms in total. The average molecular weight is 375 g/mol. The van der Waals surface area contributed by atoms with E-state index in [9.17, 15) is 14.7 Å². The molecular weight excluding hydrogens is 346 g/mol. The van der Waals surface area contributed by atoms with Crippen LogP contribution in [0, 0.1) is 5.41 Å². The minimum absolute atomic E-state index is 0.0182. The molecule has 1 amide bonds. The number of rotatable bonds is 7. The number of Topliss-reactive ketones (excluding diaryl/α,β-unsaturated/α-hetero) is 1. The van der Waals surface area contributed by atoms with Gasteiger partial charge in [-0.2, -0.15) is 0 Å². The molecule has 0 saturated carbocycles. The van der Waals surface area contributed by atoms with Crippen molar-refractivity contribution in [1.82, 2.24) is 4.90 Å². The molecule has 148 valence electrons. The van der Waals surface area contributed by atoms with E-state index in [4.69, 9.17) is 9.47 Å². The van der Waals surface area contributed by atoms with Gasteiger partial charge in [0.2, 0.25) is 0 Å². The van der Waals surface area contributed by atoms with Crippen LogP contribution in [0.3, 0.4) is 0 Å². The van der Waals surface area contributed by atoms with Gasteiger partial charge < -0.3 is 19.5 Å². The predicted molar refractivity (Wildman–Crippen MR) is 103 cm³/mol. The van der Waals surface area contributed by atoms with E-state index in [0.717, 1.165) is 0 Å². The van der Waals surface area contributed by atoms with Crippen LogP contribution in [0.25, 0.3) is 0 Å². The predicted octanol–water partition coefficient (Wildman–Crippen LogP) is 3.43. The highest BCUT2D eigenvalue weighted by Gasteiger charge is 2.46. The van der Waals surface area contributed by atoms with Gasteiger partial charge in [0, 0.05) is 17.5 Å². The van der Waals surface area contributed by atoms with Gasteiger partial charge in [-0.05, 0) is 19.9 Å². The lowest BCUT2D eigenvalue weighted by atomic mass is 9.82. The SMILES string of the molecule is COc1ccccc1C1C(C(=O)C(C)(C)C)=C(O)C(=O)N1CCOC(C)C. The highest BCUT2D eigenvalue weighted by Crippen LogP contribution is 2.43. The van der Waals surface area contributed by atoms with Gasteiger partial charge in [-0.25, -0.2) is 0 Å². The molecule has 1 atom stereocenters. The first-order valence-corrected chi connectivity index (χ1v) is 9.13. The molecule has 27 heavy (non-hydrogen) atoms. The number of ether oxygens (including phenoxy) is 2. The number of ketones is 1. The fraction of sp³-hybridized carbons (Fsp3) is 0.524. The van der Waals surface area contributed by atoms with Crippen molar-refractivity contribution < 1.29 is 24.2 Å². The fourth-order valence-corrected chi connectivity index (χ4v) is 3.12. The molecule has 1 N–H and O–H groups in total. The zero-order valence-electron chi connectivity index (χ0n) is 16.9. The van der Waals surface area contributed by atoms with Gasteiger partial charge in [-0.1, -0.05) is 39.0 Å². The number of aliphatic hydroxyl groups excluding tert-OH is 1. The molecule has 0 aromatic heterocycles. The molecule has 1 aliphatic heterocycles. The minimum Gasteiger partial charge on any atom is -0.503 e. The summed E-state index contributed by atoms with van der Waals surface area (Å²) in [6, 6.07) is 6.51. The van der Waals surface area contributed by atoms with Crippen molar-refractivity contribution in [3.05, 3.63) is 41.2 Å². The molecule has 2 rings (SSSR count). The van der Waals surface area contributed by atoms with E-state index < -0.39 is 23.1 Å². The fourth-order valence-electron chi connectivity index (χ4n) is 3.12. The number of aliphatic hydroxyl groups is 1. The summed E-state index contributed by atoms with van der Waals surface area (Å²) in [5.41, 5.74) is 0.0324. The van der Waals surface area contributed by atoms with Crippen LogP contribution < -0.4 is 4.74 Å². The van der Waals surface area contributed by atoms with Gasteiger partial charge in [0.05, 0.1) is 31.4 Å². The Morgan fingerprint density at radius 1 is 1.26 bits per heavy atom. The van der Waals surface area contributed by atoms with E-state index in [1.807, 2.05) is 32.0 Å². The Morgan fingerprint density at radius 2 is 1.89 bits per heavy atom. The summed E-state index contributed by atoms with van der Waals surface area (Å²) in [6.07, 6.45) is 0.0182. The molecule has 0 fully saturated rings. The maximum Gasteiger partial charge on any atom is 0.290 e. The number of para-hydroxylation sites is 1. The molecule has 0 saturated heterocycles. The Hall–Kier alpha value is -2.34. The molecule has 0 aliphatic carbocycles. The van der Waals surface area contributed by atoms with Gasteiger partial charge >= 0.3 is 0 Å². The Morgan fingerprint density at radius 3 is 2.44 bits per heavy atom. The third kappa shape index (κ3) is 4.33. The van der Waals surface area contributed by atoms with Crippen LogP contribution in [-0.2, 0) is 14.3 Å². The number of amides is 1. The first-order chi connectivity index (χ1) is 12.6. The number of hydrogen-bond donors (Lipinski definition) is 1. The maximum atomic E-state index is 13.1. The van der Waals surface area contributed by atoms with Crippen LogP contribution in [0.4, 0.5) is 0 Å². The van der Waals surface area contributed by atoms with Crippen molar-refractivity contribution in [2.75, 3.05) is 20.3 Å². The molecule has 0 bridgehead atoms. The van der Waals surface area contributed by atoms with Crippen LogP contribution in [0.2, 0.25) is 0 Å². The second-order valence-corrected chi connectivity index (χ2v) is 7.90. The van der Waals surface area contributed by atoms with E-state index in [1.165, 1.54) is 12.0 Å². The van der Waals surface area contributed by atoms with Gasteiger partial charge in [-0.15, -0.1) is 0 Å². The monoisotopic (exact) mass is 375 g/mol. The summed E-state index contributed by atoms with van der Waals surface area (Å²) in [5.74, 6) is -0.767. The van der Waals surface area contributed by atoms with E-state index in [2.05, 4.69) is 0 Å². The summed E-state index contributed by atoms with van der Waals surface area (Å²) < 4.78 is 11.0. The molecule has 1 unspecified atom stereocenters. The van der Waals surface area contributed by atoms with Crippen LogP contribution >= 0.6 is 0 Å². The Bertz CT molecular complexity index is 745. The molecule has 1 aromatic carbocycles. The van der Waals surface area contributed by atoms with E-state index >= 15 is 0 Å². The normalized spacial score (nSPS) is 17.8. The topological polar surface area (TPSA) is 76.1 Å². The number of carbonyl (C=O) groups is 2. The van der Waals surface area contributed by atoms with Gasteiger partial charge in [0.15, 0.2) is 11.5 Å². The second kappa shape index (κ2) is 8.13. The van der Waals surface area contributed by atoms with E-state index in [1.54, 1.807) is 26.8 Å². The third-order valence-corrected chi connectivity index (χ3v) is 4.45. The molecule has 0 spiro atoms. The van der Waals surface area contributed by atoms with Crippen LogP contribution in [0.1, 0.15) is 46.2 Å². The standard InChI is InChI=1S/C21H29NO5/c1-13(2)27-12-11-22-17(14-9-7-8-10-15(14)26-6)16(18(23)20(22)25)19(24)21(3,4)5/h7-10,13,17,23H,11-12H2,1-6H3. The first-order valence-electron chi connectivity index (χ1n) is 9.13. The molecule has 6 heteroatoms. The summed E-state index contributed by atoms with van der Waals surface area (Å²) in [5, 5.41) is 10.6. The zero-order valence-corrected chi connectivity index (χ0v) is 16.9. The summed E-state index contributed by atoms with van der Waals surface area (Å²) >= 11 is 0. The Balaban J connectivity index is 2.53. The van der Waals surface area contributed by atoms with Gasteiger partial charge in [-0.3, -0.25) is 9.59 Å². The van der Waals surface area contributed by atoms with Crippen molar-refractivity contribution in [2.24, 2.45) is 5.41 Å². The van der Waals surface area contributed by atoms with Crippen molar-refractivity contribution in [3.63, 3.8) is 0 Å². The zero-order chi connectivity index (χ0) is 20.4. The maximum absolute atomic E-state index is 13.1. The van der Waals surface area contributed by atoms with Crippen molar-refractivity contribution in [1.29, 1.82) is 0 Å². The first kappa shape index (κ1) is 21.0. The Kier molecular flexibility index (Phi) is 6.31. The molecule has 1 heterocycles. The van der Waals surface area contributed by atoms with Crippen molar-refractivity contribution >= 4 is 11.7 Å². The van der Waals surface area contributed by atoms with Crippen LogP contribution in [0.5, 0.6) is 5.75 Å². The number of methoxy groups -OCH3 is 1.